The molecule has 0 aliphatic rings. The van der Waals surface area contributed by atoms with Crippen molar-refractivity contribution in [2.45, 2.75) is 18.9 Å². The Morgan fingerprint density at radius 3 is 2.59 bits per heavy atom. The topological polar surface area (TPSA) is 38.0 Å². The lowest BCUT2D eigenvalue weighted by Crippen LogP contribution is -2.28. The summed E-state index contributed by atoms with van der Waals surface area (Å²) in [6, 6.07) is 12.8. The molecule has 1 atom stereocenters. The maximum absolute atomic E-state index is 5.62. The molecule has 4 heteroatoms. The minimum atomic E-state index is 0.213. The molecule has 2 nitrogen and oxygen atoms in total. The van der Waals surface area contributed by atoms with Gasteiger partial charge in [-0.15, -0.1) is 11.3 Å². The van der Waals surface area contributed by atoms with Crippen LogP contribution in [-0.4, -0.2) is 0 Å². The van der Waals surface area contributed by atoms with Gasteiger partial charge in [0.25, 0.3) is 0 Å². The third kappa shape index (κ3) is 3.64. The summed E-state index contributed by atoms with van der Waals surface area (Å²) in [5.74, 6) is 5.62. The number of aryl methyl sites for hydroxylation is 1. The Balaban J connectivity index is 1.99. The zero-order valence-corrected chi connectivity index (χ0v) is 11.8. The van der Waals surface area contributed by atoms with Crippen LogP contribution < -0.4 is 11.3 Å². The van der Waals surface area contributed by atoms with E-state index in [0.29, 0.717) is 0 Å². The second kappa shape index (κ2) is 6.31. The minimum absolute atomic E-state index is 0.213. The van der Waals surface area contributed by atoms with Crippen LogP contribution in [0.5, 0.6) is 0 Å². The largest absolute Gasteiger partial charge is 0.271 e. The Labute approximate surface area is 114 Å². The van der Waals surface area contributed by atoms with Crippen molar-refractivity contribution in [1.29, 1.82) is 0 Å². The zero-order chi connectivity index (χ0) is 12.1. The highest BCUT2D eigenvalue weighted by Crippen LogP contribution is 2.22. The van der Waals surface area contributed by atoms with Gasteiger partial charge in [0, 0.05) is 15.4 Å². The molecule has 2 aromatic rings. The number of rotatable bonds is 5. The minimum Gasteiger partial charge on any atom is -0.271 e. The van der Waals surface area contributed by atoms with Crippen molar-refractivity contribution in [2.24, 2.45) is 5.84 Å². The van der Waals surface area contributed by atoms with E-state index in [1.54, 1.807) is 11.3 Å². The van der Waals surface area contributed by atoms with Crippen molar-refractivity contribution in [1.82, 2.24) is 5.43 Å². The van der Waals surface area contributed by atoms with Crippen molar-refractivity contribution in [3.63, 3.8) is 0 Å². The Morgan fingerprint density at radius 1 is 1.24 bits per heavy atom. The normalized spacial score (nSPS) is 12.6. The van der Waals surface area contributed by atoms with E-state index in [1.165, 1.54) is 10.4 Å². The molecule has 0 fully saturated rings. The summed E-state index contributed by atoms with van der Waals surface area (Å²) in [7, 11) is 0. The summed E-state index contributed by atoms with van der Waals surface area (Å²) < 4.78 is 1.09. The highest BCUT2D eigenvalue weighted by Gasteiger charge is 2.09. The van der Waals surface area contributed by atoms with Gasteiger partial charge >= 0.3 is 0 Å². The number of hydrogen-bond acceptors (Lipinski definition) is 3. The van der Waals surface area contributed by atoms with Crippen LogP contribution in [0.25, 0.3) is 0 Å². The number of hydrazine groups is 1. The van der Waals surface area contributed by atoms with Crippen molar-refractivity contribution < 1.29 is 0 Å². The van der Waals surface area contributed by atoms with E-state index in [9.17, 15) is 0 Å². The smallest absolute Gasteiger partial charge is 0.0463 e. The lowest BCUT2D eigenvalue weighted by atomic mass is 10.0. The van der Waals surface area contributed by atoms with Crippen LogP contribution >= 0.6 is 27.3 Å². The summed E-state index contributed by atoms with van der Waals surface area (Å²) in [5, 5.41) is 2.11. The lowest BCUT2D eigenvalue weighted by Gasteiger charge is -2.15. The fourth-order valence-corrected chi connectivity index (χ4v) is 2.77. The highest BCUT2D eigenvalue weighted by molar-refractivity contribution is 9.10. The first-order valence-corrected chi connectivity index (χ1v) is 7.21. The van der Waals surface area contributed by atoms with E-state index >= 15 is 0 Å². The van der Waals surface area contributed by atoms with Gasteiger partial charge in [0.15, 0.2) is 0 Å². The monoisotopic (exact) mass is 310 g/mol. The van der Waals surface area contributed by atoms with E-state index < -0.39 is 0 Å². The van der Waals surface area contributed by atoms with Crippen LogP contribution in [0, 0.1) is 0 Å². The summed E-state index contributed by atoms with van der Waals surface area (Å²) in [6.45, 7) is 0. The molecule has 0 saturated carbocycles. The van der Waals surface area contributed by atoms with E-state index in [-0.39, 0.29) is 6.04 Å². The molecule has 2 rings (SSSR count). The Morgan fingerprint density at radius 2 is 2.00 bits per heavy atom. The fourth-order valence-electron chi connectivity index (χ4n) is 1.78. The molecule has 0 spiro atoms. The van der Waals surface area contributed by atoms with Crippen molar-refractivity contribution in [3.8, 4) is 0 Å². The predicted molar refractivity (Wildman–Crippen MR) is 76.8 cm³/mol. The Hall–Kier alpha value is -0.680. The van der Waals surface area contributed by atoms with Crippen LogP contribution in [0.15, 0.2) is 46.3 Å². The van der Waals surface area contributed by atoms with Gasteiger partial charge in [0.1, 0.15) is 0 Å². The van der Waals surface area contributed by atoms with Gasteiger partial charge in [0.05, 0.1) is 0 Å². The Bertz CT molecular complexity index is 439. The molecule has 1 unspecified atom stereocenters. The van der Waals surface area contributed by atoms with Crippen molar-refractivity contribution in [2.75, 3.05) is 0 Å². The highest BCUT2D eigenvalue weighted by atomic mass is 79.9. The van der Waals surface area contributed by atoms with Gasteiger partial charge < -0.3 is 0 Å². The average molecular weight is 311 g/mol. The molecule has 3 N–H and O–H groups in total. The molecule has 0 aliphatic heterocycles. The average Bonchev–Trinajstić information content (AvgIpc) is 2.85. The van der Waals surface area contributed by atoms with Crippen LogP contribution in [-0.2, 0) is 6.42 Å². The number of hydrogen-bond donors (Lipinski definition) is 2. The molecule has 0 saturated heterocycles. The van der Waals surface area contributed by atoms with Crippen LogP contribution in [0.2, 0.25) is 0 Å². The predicted octanol–water partition coefficient (Wildman–Crippen LogP) is 3.65. The standard InChI is InChI=1S/C13H15BrN2S/c14-11-5-3-10(4-6-11)13(16-15)8-7-12-2-1-9-17-12/h1-6,9,13,16H,7-8,15H2. The lowest BCUT2D eigenvalue weighted by molar-refractivity contribution is 0.518. The molecule has 1 aromatic heterocycles. The van der Waals surface area contributed by atoms with Gasteiger partial charge in [-0.1, -0.05) is 34.1 Å². The molecule has 1 aromatic carbocycles. The first kappa shape index (κ1) is 12.8. The molecular weight excluding hydrogens is 296 g/mol. The third-order valence-corrected chi connectivity index (χ3v) is 4.20. The molecule has 0 amide bonds. The quantitative estimate of drug-likeness (QED) is 0.653. The molecule has 1 heterocycles. The Kier molecular flexibility index (Phi) is 4.74. The molecule has 17 heavy (non-hydrogen) atoms. The summed E-state index contributed by atoms with van der Waals surface area (Å²) in [5.41, 5.74) is 4.12. The van der Waals surface area contributed by atoms with Gasteiger partial charge in [0.2, 0.25) is 0 Å². The van der Waals surface area contributed by atoms with Crippen LogP contribution in [0.1, 0.15) is 22.9 Å². The maximum Gasteiger partial charge on any atom is 0.0463 e. The molecular formula is C13H15BrN2S. The zero-order valence-electron chi connectivity index (χ0n) is 9.40. The van der Waals surface area contributed by atoms with Gasteiger partial charge in [-0.05, 0) is 42.0 Å². The summed E-state index contributed by atoms with van der Waals surface area (Å²) in [4.78, 5) is 1.40. The van der Waals surface area contributed by atoms with E-state index in [2.05, 4.69) is 51.0 Å². The van der Waals surface area contributed by atoms with Crippen LogP contribution in [0.3, 0.4) is 0 Å². The number of thiophene rings is 1. The van der Waals surface area contributed by atoms with Gasteiger partial charge in [-0.2, -0.15) is 0 Å². The van der Waals surface area contributed by atoms with Crippen molar-refractivity contribution in [3.05, 3.63) is 56.7 Å². The van der Waals surface area contributed by atoms with E-state index in [4.69, 9.17) is 5.84 Å². The summed E-state index contributed by atoms with van der Waals surface area (Å²) in [6.07, 6.45) is 2.07. The van der Waals surface area contributed by atoms with Gasteiger partial charge in [-0.3, -0.25) is 11.3 Å². The second-order valence-electron chi connectivity index (χ2n) is 3.89. The molecule has 0 aliphatic carbocycles. The second-order valence-corrected chi connectivity index (χ2v) is 5.84. The third-order valence-electron chi connectivity index (χ3n) is 2.73. The number of benzene rings is 1. The van der Waals surface area contributed by atoms with Crippen molar-refractivity contribution >= 4 is 27.3 Å². The number of halogens is 1. The van der Waals surface area contributed by atoms with E-state index in [1.807, 2.05) is 12.1 Å². The number of nitrogens with one attached hydrogen (secondary N) is 1. The fraction of sp³-hybridized carbons (Fsp3) is 0.231. The maximum atomic E-state index is 5.62. The number of nitrogens with two attached hydrogens (primary N) is 1. The molecule has 0 bridgehead atoms. The molecule has 90 valence electrons. The van der Waals surface area contributed by atoms with Gasteiger partial charge in [-0.25, -0.2) is 0 Å². The summed E-state index contributed by atoms with van der Waals surface area (Å²) >= 11 is 5.23. The SMILES string of the molecule is NNC(CCc1cccs1)c1ccc(Br)cc1. The van der Waals surface area contributed by atoms with E-state index in [0.717, 1.165) is 17.3 Å². The first-order valence-electron chi connectivity index (χ1n) is 5.53. The first-order chi connectivity index (χ1) is 8.29. The molecule has 0 radical (unpaired) electrons. The van der Waals surface area contributed by atoms with Crippen LogP contribution in [0.4, 0.5) is 0 Å².